The number of halogens is 1. The van der Waals surface area contributed by atoms with Crippen molar-refractivity contribution in [2.24, 2.45) is 5.73 Å². The topological polar surface area (TPSA) is 29.0 Å². The normalized spacial score (nSPS) is 11.4. The Morgan fingerprint density at radius 2 is 2.20 bits per heavy atom. The fourth-order valence-electron chi connectivity index (χ4n) is 0.678. The molecule has 0 amide bonds. The number of hydrogen-bond donors (Lipinski definition) is 1. The van der Waals surface area contributed by atoms with Crippen molar-refractivity contribution < 1.29 is 28.6 Å². The van der Waals surface area contributed by atoms with Crippen molar-refractivity contribution in [2.75, 3.05) is 13.1 Å². The third-order valence-electron chi connectivity index (χ3n) is 1.23. The number of rotatable bonds is 3. The molecule has 0 aliphatic carbocycles. The van der Waals surface area contributed by atoms with Crippen molar-refractivity contribution >= 4 is 5.84 Å². The van der Waals surface area contributed by atoms with E-state index in [0.29, 0.717) is 0 Å². The quantitative estimate of drug-likeness (QED) is 0.196. The number of amidine groups is 1. The maximum atomic E-state index is 5.53. The van der Waals surface area contributed by atoms with Crippen LogP contribution in [0.4, 0.5) is 0 Å². The summed E-state index contributed by atoms with van der Waals surface area (Å²) >= 11 is 0. The maximum Gasteiger partial charge on any atom is 0.239 e. The van der Waals surface area contributed by atoms with Crippen LogP contribution in [0.1, 0.15) is 13.8 Å². The highest BCUT2D eigenvalue weighted by atomic mass is 127. The molecule has 0 aliphatic rings. The average Bonchev–Trinajstić information content (AvgIpc) is 1.82. The lowest BCUT2D eigenvalue weighted by atomic mass is 10.5. The third kappa shape index (κ3) is 4.78. The van der Waals surface area contributed by atoms with Gasteiger partial charge in [-0.3, -0.25) is 10.3 Å². The zero-order chi connectivity index (χ0) is 7.28. The molecule has 2 N–H and O–H groups in total. The fraction of sp³-hybridized carbons (Fsp3) is 0.571. The lowest BCUT2D eigenvalue weighted by Crippen LogP contribution is -3.00. The average molecular weight is 254 g/mol. The van der Waals surface area contributed by atoms with Gasteiger partial charge >= 0.3 is 0 Å². The van der Waals surface area contributed by atoms with Gasteiger partial charge in [0.15, 0.2) is 0 Å². The van der Waals surface area contributed by atoms with E-state index in [1.54, 1.807) is 0 Å². The number of nitrogens with two attached hydrogens (primary N) is 1. The second-order valence-corrected chi connectivity index (χ2v) is 1.97. The summed E-state index contributed by atoms with van der Waals surface area (Å²) in [5, 5.41) is 0. The number of nitrogens with zero attached hydrogens (tertiary/aromatic N) is 1. The minimum Gasteiger partial charge on any atom is -1.00 e. The van der Waals surface area contributed by atoms with Gasteiger partial charge in [0.05, 0.1) is 6.54 Å². The van der Waals surface area contributed by atoms with E-state index in [1.807, 2.05) is 17.6 Å². The Kier molecular flexibility index (Phi) is 8.89. The molecule has 0 aliphatic heterocycles. The SMILES string of the molecule is C=CC[N+](CC)=C(C)N.[I-]. The lowest BCUT2D eigenvalue weighted by molar-refractivity contribution is -0.515. The molecule has 2 nitrogen and oxygen atoms in total. The molecule has 0 saturated heterocycles. The predicted molar refractivity (Wildman–Crippen MR) is 40.7 cm³/mol. The van der Waals surface area contributed by atoms with Gasteiger partial charge in [-0.2, -0.15) is 0 Å². The summed E-state index contributed by atoms with van der Waals surface area (Å²) in [4.78, 5) is 0. The van der Waals surface area contributed by atoms with Crippen LogP contribution in [-0.4, -0.2) is 23.5 Å². The van der Waals surface area contributed by atoms with Crippen LogP contribution in [0.15, 0.2) is 12.7 Å². The molecule has 0 atom stereocenters. The zero-order valence-corrected chi connectivity index (χ0v) is 8.76. The van der Waals surface area contributed by atoms with Gasteiger partial charge < -0.3 is 24.0 Å². The minimum atomic E-state index is 0. The Labute approximate surface area is 79.8 Å². The molecule has 0 radical (unpaired) electrons. The molecular weight excluding hydrogens is 239 g/mol. The first kappa shape index (κ1) is 12.6. The molecule has 0 saturated carbocycles. The molecule has 0 aromatic heterocycles. The molecule has 10 heavy (non-hydrogen) atoms. The predicted octanol–water partition coefficient (Wildman–Crippen LogP) is -2.41. The molecule has 0 unspecified atom stereocenters. The molecule has 0 heterocycles. The molecule has 0 rings (SSSR count). The molecular formula is C7H15IN2. The van der Waals surface area contributed by atoms with E-state index < -0.39 is 0 Å². The number of hydrogen-bond acceptors (Lipinski definition) is 0. The van der Waals surface area contributed by atoms with Gasteiger partial charge in [0.2, 0.25) is 5.84 Å². The zero-order valence-electron chi connectivity index (χ0n) is 6.60. The van der Waals surface area contributed by atoms with Crippen LogP contribution < -0.4 is 29.7 Å². The minimum absolute atomic E-state index is 0. The van der Waals surface area contributed by atoms with E-state index in [0.717, 1.165) is 18.9 Å². The third-order valence-corrected chi connectivity index (χ3v) is 1.23. The first-order valence-corrected chi connectivity index (χ1v) is 3.17. The van der Waals surface area contributed by atoms with Crippen molar-refractivity contribution in [2.45, 2.75) is 13.8 Å². The molecule has 0 bridgehead atoms. The van der Waals surface area contributed by atoms with E-state index in [2.05, 4.69) is 13.5 Å². The van der Waals surface area contributed by atoms with Gasteiger partial charge in [0.1, 0.15) is 6.54 Å². The first-order chi connectivity index (χ1) is 4.22. The van der Waals surface area contributed by atoms with Crippen LogP contribution in [0.2, 0.25) is 0 Å². The lowest BCUT2D eigenvalue weighted by Gasteiger charge is -2.00. The second kappa shape index (κ2) is 7.05. The summed E-state index contributed by atoms with van der Waals surface area (Å²) < 4.78 is 2.05. The van der Waals surface area contributed by atoms with Crippen LogP contribution in [0.3, 0.4) is 0 Å². The van der Waals surface area contributed by atoms with Crippen molar-refractivity contribution in [1.82, 2.24) is 0 Å². The van der Waals surface area contributed by atoms with E-state index in [4.69, 9.17) is 5.73 Å². The Bertz CT molecular complexity index is 126. The summed E-state index contributed by atoms with van der Waals surface area (Å²) in [5.74, 6) is 0.859. The maximum absolute atomic E-state index is 5.53. The van der Waals surface area contributed by atoms with Crippen molar-refractivity contribution in [1.29, 1.82) is 0 Å². The highest BCUT2D eigenvalue weighted by Crippen LogP contribution is 1.75. The van der Waals surface area contributed by atoms with Crippen molar-refractivity contribution in [3.8, 4) is 0 Å². The summed E-state index contributed by atoms with van der Waals surface area (Å²) in [6.45, 7) is 9.38. The van der Waals surface area contributed by atoms with Gasteiger partial charge in [-0.05, 0) is 6.92 Å². The van der Waals surface area contributed by atoms with Crippen LogP contribution in [-0.2, 0) is 0 Å². The van der Waals surface area contributed by atoms with Gasteiger partial charge in [0.25, 0.3) is 0 Å². The Hall–Kier alpha value is -0.0600. The van der Waals surface area contributed by atoms with Crippen LogP contribution in [0.25, 0.3) is 0 Å². The van der Waals surface area contributed by atoms with E-state index in [1.165, 1.54) is 0 Å². The van der Waals surface area contributed by atoms with Gasteiger partial charge in [-0.15, -0.1) is 0 Å². The van der Waals surface area contributed by atoms with Gasteiger partial charge in [0, 0.05) is 6.92 Å². The van der Waals surface area contributed by atoms with Crippen LogP contribution >= 0.6 is 0 Å². The molecule has 0 aromatic rings. The first-order valence-electron chi connectivity index (χ1n) is 3.17. The van der Waals surface area contributed by atoms with E-state index >= 15 is 0 Å². The van der Waals surface area contributed by atoms with E-state index in [9.17, 15) is 0 Å². The highest BCUT2D eigenvalue weighted by molar-refractivity contribution is 5.72. The van der Waals surface area contributed by atoms with Gasteiger partial charge in [-0.25, -0.2) is 0 Å². The monoisotopic (exact) mass is 254 g/mol. The number of likely N-dealkylation sites (N-methyl/N-ethyl adjacent to an activating group) is 1. The molecule has 3 heteroatoms. The van der Waals surface area contributed by atoms with Crippen LogP contribution in [0.5, 0.6) is 0 Å². The second-order valence-electron chi connectivity index (χ2n) is 1.97. The fourth-order valence-corrected chi connectivity index (χ4v) is 0.678. The summed E-state index contributed by atoms with van der Waals surface area (Å²) in [6.07, 6.45) is 1.85. The summed E-state index contributed by atoms with van der Waals surface area (Å²) in [5.41, 5.74) is 5.53. The van der Waals surface area contributed by atoms with E-state index in [-0.39, 0.29) is 24.0 Å². The Balaban J connectivity index is 0. The molecule has 0 spiro atoms. The van der Waals surface area contributed by atoms with Gasteiger partial charge in [-0.1, -0.05) is 12.7 Å². The molecule has 0 fully saturated rings. The smallest absolute Gasteiger partial charge is 0.239 e. The molecule has 60 valence electrons. The summed E-state index contributed by atoms with van der Waals surface area (Å²) in [7, 11) is 0. The Morgan fingerprint density at radius 1 is 1.70 bits per heavy atom. The van der Waals surface area contributed by atoms with Crippen LogP contribution in [0, 0.1) is 0 Å². The Morgan fingerprint density at radius 3 is 2.30 bits per heavy atom. The standard InChI is InChI=1S/C7H14N2.HI/c1-4-6-9(5-2)7(3)8;/h4,8H,1,5-6H2,2-3H3;1H. The highest BCUT2D eigenvalue weighted by Gasteiger charge is 1.95. The largest absolute Gasteiger partial charge is 1.00 e. The van der Waals surface area contributed by atoms with Crippen molar-refractivity contribution in [3.05, 3.63) is 12.7 Å². The molecule has 0 aromatic carbocycles. The van der Waals surface area contributed by atoms with Crippen molar-refractivity contribution in [3.63, 3.8) is 0 Å². The summed E-state index contributed by atoms with van der Waals surface area (Å²) in [6, 6.07) is 0.